The molecule has 2 aromatic carbocycles. The van der Waals surface area contributed by atoms with E-state index in [2.05, 4.69) is 35.6 Å². The molecule has 0 bridgehead atoms. The zero-order valence-corrected chi connectivity index (χ0v) is 18.1. The molecule has 33 heavy (non-hydrogen) atoms. The molecule has 166 valence electrons. The first-order valence-electron chi connectivity index (χ1n) is 10.2. The second-order valence-electron chi connectivity index (χ2n) is 7.35. The summed E-state index contributed by atoms with van der Waals surface area (Å²) in [5.41, 5.74) is 3.71. The van der Waals surface area contributed by atoms with Crippen molar-refractivity contribution in [2.24, 2.45) is 0 Å². The number of halogens is 1. The number of aromatic amines is 1. The van der Waals surface area contributed by atoms with Crippen LogP contribution in [-0.2, 0) is 6.54 Å². The number of benzene rings is 2. The SMILES string of the molecule is [C-]#[N+]c1cnc(Nc2cc(-c3ccc(CN[C@@H](C)c4ccc(F)cc4)cc3OC)[nH]n2)cn1. The molecule has 0 saturated carbocycles. The zero-order chi connectivity index (χ0) is 23.2. The summed E-state index contributed by atoms with van der Waals surface area (Å²) < 4.78 is 18.7. The Bertz CT molecular complexity index is 1260. The van der Waals surface area contributed by atoms with E-state index in [1.54, 1.807) is 19.2 Å². The Morgan fingerprint density at radius 3 is 2.61 bits per heavy atom. The van der Waals surface area contributed by atoms with Crippen LogP contribution < -0.4 is 15.4 Å². The maximum atomic E-state index is 13.1. The first-order valence-corrected chi connectivity index (χ1v) is 10.2. The fraction of sp³-hybridized carbons (Fsp3) is 0.167. The van der Waals surface area contributed by atoms with Crippen molar-refractivity contribution in [3.63, 3.8) is 0 Å². The Balaban J connectivity index is 1.44. The highest BCUT2D eigenvalue weighted by atomic mass is 19.1. The summed E-state index contributed by atoms with van der Waals surface area (Å²) >= 11 is 0. The molecule has 0 fully saturated rings. The van der Waals surface area contributed by atoms with E-state index >= 15 is 0 Å². The minimum Gasteiger partial charge on any atom is -0.496 e. The van der Waals surface area contributed by atoms with Crippen LogP contribution in [-0.4, -0.2) is 27.3 Å². The van der Waals surface area contributed by atoms with E-state index in [1.807, 2.05) is 31.2 Å². The normalized spacial score (nSPS) is 11.6. The maximum absolute atomic E-state index is 13.1. The van der Waals surface area contributed by atoms with Crippen molar-refractivity contribution < 1.29 is 9.13 Å². The van der Waals surface area contributed by atoms with Crippen molar-refractivity contribution in [3.8, 4) is 17.0 Å². The molecule has 0 saturated heterocycles. The highest BCUT2D eigenvalue weighted by Crippen LogP contribution is 2.31. The number of H-pyrrole nitrogens is 1. The van der Waals surface area contributed by atoms with Gasteiger partial charge in [0.2, 0.25) is 0 Å². The number of anilines is 2. The molecule has 0 amide bonds. The van der Waals surface area contributed by atoms with Gasteiger partial charge in [0, 0.05) is 24.2 Å². The minimum absolute atomic E-state index is 0.0736. The Hall–Kier alpha value is -4.29. The molecule has 0 aliphatic rings. The molecule has 0 spiro atoms. The van der Waals surface area contributed by atoms with Crippen molar-refractivity contribution in [1.82, 2.24) is 25.5 Å². The monoisotopic (exact) mass is 443 g/mol. The van der Waals surface area contributed by atoms with Crippen LogP contribution in [0.3, 0.4) is 0 Å². The standard InChI is InChI=1S/C24H22FN7O/c1-15(17-5-7-18(25)8-6-17)27-12-16-4-9-19(21(10-16)33-3)20-11-22(32-31-20)30-24-14-28-23(26-2)13-29-24/h4-11,13-15,27H,12H2,1,3H3,(H2,29,30,31,32)/t15-/m0/s1. The molecule has 4 aromatic rings. The van der Waals surface area contributed by atoms with Gasteiger partial charge in [-0.15, -0.1) is 4.98 Å². The van der Waals surface area contributed by atoms with E-state index in [0.717, 1.165) is 22.4 Å². The van der Waals surface area contributed by atoms with Gasteiger partial charge in [-0.3, -0.25) is 5.10 Å². The van der Waals surface area contributed by atoms with Crippen molar-refractivity contribution in [3.05, 3.63) is 89.3 Å². The van der Waals surface area contributed by atoms with Gasteiger partial charge in [0.25, 0.3) is 5.82 Å². The minimum atomic E-state index is -0.241. The molecule has 4 rings (SSSR count). The largest absolute Gasteiger partial charge is 0.496 e. The van der Waals surface area contributed by atoms with Gasteiger partial charge in [-0.2, -0.15) is 5.10 Å². The molecular weight excluding hydrogens is 421 g/mol. The van der Waals surface area contributed by atoms with Crippen LogP contribution in [0.2, 0.25) is 0 Å². The Morgan fingerprint density at radius 1 is 1.09 bits per heavy atom. The van der Waals surface area contributed by atoms with E-state index < -0.39 is 0 Å². The number of rotatable bonds is 8. The first kappa shape index (κ1) is 21.9. The lowest BCUT2D eigenvalue weighted by atomic mass is 10.1. The highest BCUT2D eigenvalue weighted by molar-refractivity contribution is 5.71. The van der Waals surface area contributed by atoms with Crippen LogP contribution in [0.5, 0.6) is 5.75 Å². The predicted octanol–water partition coefficient (Wildman–Crippen LogP) is 5.16. The van der Waals surface area contributed by atoms with E-state index in [4.69, 9.17) is 11.3 Å². The van der Waals surface area contributed by atoms with Crippen LogP contribution in [0.1, 0.15) is 24.1 Å². The summed E-state index contributed by atoms with van der Waals surface area (Å²) in [5.74, 6) is 1.75. The fourth-order valence-electron chi connectivity index (χ4n) is 3.31. The second kappa shape index (κ2) is 9.89. The third kappa shape index (κ3) is 5.31. The molecule has 0 unspecified atom stereocenters. The molecule has 0 aliphatic carbocycles. The predicted molar refractivity (Wildman–Crippen MR) is 124 cm³/mol. The molecule has 2 heterocycles. The Kier molecular flexibility index (Phi) is 6.57. The van der Waals surface area contributed by atoms with E-state index in [1.165, 1.54) is 24.5 Å². The van der Waals surface area contributed by atoms with Gasteiger partial charge >= 0.3 is 0 Å². The molecule has 8 nitrogen and oxygen atoms in total. The van der Waals surface area contributed by atoms with Gasteiger partial charge < -0.3 is 20.2 Å². The maximum Gasteiger partial charge on any atom is 0.288 e. The quantitative estimate of drug-likeness (QED) is 0.326. The van der Waals surface area contributed by atoms with Crippen LogP contribution in [0.25, 0.3) is 16.1 Å². The van der Waals surface area contributed by atoms with Gasteiger partial charge in [-0.05, 0) is 42.3 Å². The zero-order valence-electron chi connectivity index (χ0n) is 18.1. The van der Waals surface area contributed by atoms with E-state index in [-0.39, 0.29) is 17.7 Å². The first-order chi connectivity index (χ1) is 16.1. The summed E-state index contributed by atoms with van der Waals surface area (Å²) in [6.07, 6.45) is 2.88. The lowest BCUT2D eigenvalue weighted by Gasteiger charge is -2.15. The number of nitrogens with zero attached hydrogens (tertiary/aromatic N) is 4. The smallest absolute Gasteiger partial charge is 0.288 e. The van der Waals surface area contributed by atoms with Crippen molar-refractivity contribution in [1.29, 1.82) is 0 Å². The lowest BCUT2D eigenvalue weighted by molar-refractivity contribution is 0.415. The third-order valence-electron chi connectivity index (χ3n) is 5.13. The molecular formula is C24H22FN7O. The van der Waals surface area contributed by atoms with Gasteiger partial charge in [-0.1, -0.05) is 24.8 Å². The summed E-state index contributed by atoms with van der Waals surface area (Å²) in [5, 5.41) is 13.8. The summed E-state index contributed by atoms with van der Waals surface area (Å²) in [6, 6.07) is 14.4. The summed E-state index contributed by atoms with van der Waals surface area (Å²) in [7, 11) is 1.63. The van der Waals surface area contributed by atoms with Gasteiger partial charge in [-0.25, -0.2) is 9.37 Å². The number of nitrogens with one attached hydrogen (secondary N) is 3. The third-order valence-corrected chi connectivity index (χ3v) is 5.13. The van der Waals surface area contributed by atoms with E-state index in [9.17, 15) is 4.39 Å². The molecule has 9 heteroatoms. The summed E-state index contributed by atoms with van der Waals surface area (Å²) in [4.78, 5) is 11.4. The highest BCUT2D eigenvalue weighted by Gasteiger charge is 2.12. The van der Waals surface area contributed by atoms with E-state index in [0.29, 0.717) is 23.9 Å². The number of ether oxygens (including phenoxy) is 1. The topological polar surface area (TPSA) is 92.1 Å². The Labute approximate surface area is 190 Å². The second-order valence-corrected chi connectivity index (χ2v) is 7.35. The molecule has 0 aliphatic heterocycles. The molecule has 3 N–H and O–H groups in total. The number of methoxy groups -OCH3 is 1. The molecule has 0 radical (unpaired) electrons. The van der Waals surface area contributed by atoms with Gasteiger partial charge in [0.15, 0.2) is 17.8 Å². The lowest BCUT2D eigenvalue weighted by Crippen LogP contribution is -2.18. The average Bonchev–Trinajstić information content (AvgIpc) is 3.31. The molecule has 2 aromatic heterocycles. The number of hydrogen-bond acceptors (Lipinski definition) is 6. The summed E-state index contributed by atoms with van der Waals surface area (Å²) in [6.45, 7) is 9.61. The van der Waals surface area contributed by atoms with Gasteiger partial charge in [0.05, 0.1) is 19.0 Å². The van der Waals surface area contributed by atoms with Crippen LogP contribution in [0.4, 0.5) is 21.8 Å². The van der Waals surface area contributed by atoms with Crippen LogP contribution in [0, 0.1) is 12.4 Å². The van der Waals surface area contributed by atoms with Crippen LogP contribution >= 0.6 is 0 Å². The van der Waals surface area contributed by atoms with Gasteiger partial charge in [0.1, 0.15) is 11.6 Å². The Morgan fingerprint density at radius 2 is 1.91 bits per heavy atom. The average molecular weight is 443 g/mol. The van der Waals surface area contributed by atoms with Crippen molar-refractivity contribution >= 4 is 17.5 Å². The number of aromatic nitrogens is 4. The van der Waals surface area contributed by atoms with Crippen LogP contribution in [0.15, 0.2) is 60.9 Å². The fourth-order valence-corrected chi connectivity index (χ4v) is 3.31. The van der Waals surface area contributed by atoms with Crippen molar-refractivity contribution in [2.45, 2.75) is 19.5 Å². The van der Waals surface area contributed by atoms with Crippen molar-refractivity contribution in [2.75, 3.05) is 12.4 Å². The number of hydrogen-bond donors (Lipinski definition) is 3. The molecule has 1 atom stereocenters.